The van der Waals surface area contributed by atoms with Crippen LogP contribution < -0.4 is 10.6 Å². The lowest BCUT2D eigenvalue weighted by Gasteiger charge is -2.41. The number of piperazine rings is 1. The van der Waals surface area contributed by atoms with Gasteiger partial charge in [-0.15, -0.1) is 0 Å². The van der Waals surface area contributed by atoms with Crippen molar-refractivity contribution in [1.82, 2.24) is 30.0 Å². The van der Waals surface area contributed by atoms with Crippen molar-refractivity contribution >= 4 is 11.9 Å². The van der Waals surface area contributed by atoms with E-state index in [2.05, 4.69) is 20.5 Å². The van der Waals surface area contributed by atoms with E-state index in [4.69, 9.17) is 0 Å². The first kappa shape index (κ1) is 28.7. The molecule has 2 heterocycles. The number of carbonyl (C=O) groups is 2. The van der Waals surface area contributed by atoms with E-state index in [9.17, 15) is 18.4 Å². The average molecular weight is 565 g/mol. The van der Waals surface area contributed by atoms with Crippen LogP contribution in [0.5, 0.6) is 0 Å². The van der Waals surface area contributed by atoms with Crippen molar-refractivity contribution in [2.75, 3.05) is 26.2 Å². The maximum atomic E-state index is 13.5. The van der Waals surface area contributed by atoms with Crippen LogP contribution in [0.15, 0.2) is 61.1 Å². The molecule has 0 unspecified atom stereocenters. The molecular weight excluding hydrogens is 526 g/mol. The molecule has 0 radical (unpaired) electrons. The Bertz CT molecular complexity index is 1290. The Morgan fingerprint density at radius 2 is 1.54 bits per heavy atom. The van der Waals surface area contributed by atoms with Crippen LogP contribution in [-0.2, 0) is 24.3 Å². The quantitative estimate of drug-likeness (QED) is 0.410. The van der Waals surface area contributed by atoms with Crippen LogP contribution in [0, 0.1) is 11.6 Å². The molecule has 1 saturated heterocycles. The van der Waals surface area contributed by atoms with Crippen LogP contribution in [0.4, 0.5) is 13.6 Å². The van der Waals surface area contributed by atoms with Gasteiger partial charge < -0.3 is 20.1 Å². The van der Waals surface area contributed by atoms with Gasteiger partial charge in [0.05, 0.1) is 6.33 Å². The van der Waals surface area contributed by atoms with Crippen LogP contribution in [0.3, 0.4) is 0 Å². The molecule has 8 nitrogen and oxygen atoms in total. The largest absolute Gasteiger partial charge is 0.354 e. The number of hydrogen-bond acceptors (Lipinski definition) is 4. The minimum atomic E-state index is -0.642. The normalized spacial score (nSPS) is 18.3. The Morgan fingerprint density at radius 3 is 2.22 bits per heavy atom. The molecule has 0 spiro atoms. The summed E-state index contributed by atoms with van der Waals surface area (Å²) in [7, 11) is 0. The van der Waals surface area contributed by atoms with Gasteiger partial charge in [-0.25, -0.2) is 18.6 Å². The number of carbonyl (C=O) groups excluding carboxylic acids is 2. The summed E-state index contributed by atoms with van der Waals surface area (Å²) in [6, 6.07) is 12.1. The molecule has 2 fully saturated rings. The first-order valence-corrected chi connectivity index (χ1v) is 14.5. The van der Waals surface area contributed by atoms with Crippen molar-refractivity contribution in [3.8, 4) is 0 Å². The van der Waals surface area contributed by atoms with Gasteiger partial charge in [-0.05, 0) is 48.2 Å². The first-order chi connectivity index (χ1) is 19.9. The lowest BCUT2D eigenvalue weighted by molar-refractivity contribution is -0.127. The number of benzene rings is 2. The van der Waals surface area contributed by atoms with E-state index in [-0.39, 0.29) is 29.6 Å². The number of imidazole rings is 1. The number of halogens is 2. The maximum Gasteiger partial charge on any atom is 0.318 e. The fraction of sp³-hybridized carbons (Fsp3) is 0.452. The van der Waals surface area contributed by atoms with E-state index in [1.807, 2.05) is 4.57 Å². The van der Waals surface area contributed by atoms with Gasteiger partial charge in [0.1, 0.15) is 17.7 Å². The fourth-order valence-electron chi connectivity index (χ4n) is 5.72. The molecule has 1 aliphatic carbocycles. The highest BCUT2D eigenvalue weighted by molar-refractivity contribution is 5.87. The summed E-state index contributed by atoms with van der Waals surface area (Å²) >= 11 is 0. The van der Waals surface area contributed by atoms with Gasteiger partial charge in [-0.2, -0.15) is 0 Å². The topological polar surface area (TPSA) is 82.5 Å². The minimum absolute atomic E-state index is 0.151. The molecule has 1 aliphatic heterocycles. The Labute approximate surface area is 239 Å². The Kier molecular flexibility index (Phi) is 9.61. The third kappa shape index (κ3) is 7.91. The van der Waals surface area contributed by atoms with Crippen molar-refractivity contribution in [2.45, 2.75) is 63.7 Å². The molecule has 218 valence electrons. The molecular formula is C31H38F2N6O2. The van der Waals surface area contributed by atoms with Crippen molar-refractivity contribution in [3.63, 3.8) is 0 Å². The third-order valence-corrected chi connectivity index (χ3v) is 8.03. The number of hydrogen-bond donors (Lipinski definition) is 2. The fourth-order valence-corrected chi connectivity index (χ4v) is 5.72. The lowest BCUT2D eigenvalue weighted by Crippen LogP contribution is -2.63. The molecule has 3 amide bonds. The van der Waals surface area contributed by atoms with Crippen molar-refractivity contribution < 1.29 is 18.4 Å². The average Bonchev–Trinajstić information content (AvgIpc) is 3.42. The number of amides is 3. The summed E-state index contributed by atoms with van der Waals surface area (Å²) in [5.41, 5.74) is 2.86. The van der Waals surface area contributed by atoms with E-state index in [1.165, 1.54) is 30.7 Å². The van der Waals surface area contributed by atoms with Gasteiger partial charge in [0.2, 0.25) is 5.91 Å². The summed E-state index contributed by atoms with van der Waals surface area (Å²) in [6.45, 7) is 2.97. The Morgan fingerprint density at radius 1 is 0.878 bits per heavy atom. The van der Waals surface area contributed by atoms with Crippen LogP contribution in [0.25, 0.3) is 0 Å². The second-order valence-electron chi connectivity index (χ2n) is 11.0. The zero-order valence-electron chi connectivity index (χ0n) is 23.3. The molecule has 1 aromatic heterocycles. The van der Waals surface area contributed by atoms with Gasteiger partial charge in [0.25, 0.3) is 0 Å². The smallest absolute Gasteiger partial charge is 0.318 e. The highest BCUT2D eigenvalue weighted by Crippen LogP contribution is 2.19. The SMILES string of the molecule is O=C(NCCc1cncn1Cc1ccc(F)cc1)[C@H]1CN(Cc2ccc(F)cc2)CCN1C(=O)NC1CCCCC1. The standard InChI is InChI=1S/C31H38F2N6O2/c32-25-10-6-23(7-11-25)19-37-16-17-39(31(41)36-27-4-2-1-3-5-27)29(21-37)30(40)35-15-14-28-18-34-22-38(28)20-24-8-12-26(33)13-9-24/h6-13,18,22,27,29H,1-5,14-17,19-21H2,(H,35,40)(H,36,41)/t29-/m1/s1. The van der Waals surface area contributed by atoms with Gasteiger partial charge in [-0.3, -0.25) is 9.69 Å². The van der Waals surface area contributed by atoms with Gasteiger partial charge in [0, 0.05) is 63.6 Å². The number of urea groups is 1. The number of nitrogens with zero attached hydrogens (tertiary/aromatic N) is 4. The molecule has 1 atom stereocenters. The molecule has 2 aliphatic rings. The Hall–Kier alpha value is -3.79. The molecule has 41 heavy (non-hydrogen) atoms. The predicted octanol–water partition coefficient (Wildman–Crippen LogP) is 4.10. The molecule has 0 bridgehead atoms. The van der Waals surface area contributed by atoms with E-state index in [0.29, 0.717) is 45.7 Å². The summed E-state index contributed by atoms with van der Waals surface area (Å²) < 4.78 is 28.7. The predicted molar refractivity (Wildman–Crippen MR) is 152 cm³/mol. The van der Waals surface area contributed by atoms with E-state index in [1.54, 1.807) is 41.7 Å². The maximum absolute atomic E-state index is 13.5. The zero-order chi connectivity index (χ0) is 28.6. The summed E-state index contributed by atoms with van der Waals surface area (Å²) in [5, 5.41) is 6.21. The van der Waals surface area contributed by atoms with E-state index in [0.717, 1.165) is 42.5 Å². The molecule has 5 rings (SSSR count). The molecule has 2 N–H and O–H groups in total. The van der Waals surface area contributed by atoms with E-state index < -0.39 is 6.04 Å². The van der Waals surface area contributed by atoms with Crippen LogP contribution in [-0.4, -0.2) is 69.6 Å². The molecule has 10 heteroatoms. The lowest BCUT2D eigenvalue weighted by atomic mass is 9.95. The summed E-state index contributed by atoms with van der Waals surface area (Å²) in [6.07, 6.45) is 9.42. The second-order valence-corrected chi connectivity index (χ2v) is 11.0. The Balaban J connectivity index is 1.21. The van der Waals surface area contributed by atoms with Gasteiger partial charge >= 0.3 is 6.03 Å². The second kappa shape index (κ2) is 13.7. The van der Waals surface area contributed by atoms with Crippen LogP contribution >= 0.6 is 0 Å². The van der Waals surface area contributed by atoms with Crippen LogP contribution in [0.2, 0.25) is 0 Å². The van der Waals surface area contributed by atoms with Crippen molar-refractivity contribution in [1.29, 1.82) is 0 Å². The first-order valence-electron chi connectivity index (χ1n) is 14.5. The highest BCUT2D eigenvalue weighted by Gasteiger charge is 2.36. The summed E-state index contributed by atoms with van der Waals surface area (Å²) in [5.74, 6) is -0.755. The van der Waals surface area contributed by atoms with Crippen molar-refractivity contribution in [2.24, 2.45) is 0 Å². The van der Waals surface area contributed by atoms with Gasteiger partial charge in [0.15, 0.2) is 0 Å². The van der Waals surface area contributed by atoms with Crippen molar-refractivity contribution in [3.05, 3.63) is 89.5 Å². The number of aromatic nitrogens is 2. The number of rotatable bonds is 9. The summed E-state index contributed by atoms with van der Waals surface area (Å²) in [4.78, 5) is 34.9. The van der Waals surface area contributed by atoms with Crippen LogP contribution in [0.1, 0.15) is 48.9 Å². The van der Waals surface area contributed by atoms with E-state index >= 15 is 0 Å². The van der Waals surface area contributed by atoms with Gasteiger partial charge in [-0.1, -0.05) is 43.5 Å². The highest BCUT2D eigenvalue weighted by atomic mass is 19.1. The number of nitrogens with one attached hydrogen (secondary N) is 2. The zero-order valence-corrected chi connectivity index (χ0v) is 23.3. The molecule has 3 aromatic rings. The third-order valence-electron chi connectivity index (χ3n) is 8.03. The monoisotopic (exact) mass is 564 g/mol. The molecule has 2 aromatic carbocycles. The molecule has 1 saturated carbocycles. The minimum Gasteiger partial charge on any atom is -0.354 e.